The van der Waals surface area contributed by atoms with Crippen molar-refractivity contribution < 1.29 is 19.8 Å². The molecule has 0 spiro atoms. The van der Waals surface area contributed by atoms with Crippen molar-refractivity contribution in [3.8, 4) is 0 Å². The van der Waals surface area contributed by atoms with E-state index in [1.807, 2.05) is 24.0 Å². The lowest BCUT2D eigenvalue weighted by molar-refractivity contribution is -0.141. The van der Waals surface area contributed by atoms with Gasteiger partial charge >= 0.3 is 11.9 Å². The lowest BCUT2D eigenvalue weighted by Gasteiger charge is -2.26. The maximum absolute atomic E-state index is 11.0. The number of aromatic nitrogens is 1. The molecule has 20 heavy (non-hydrogen) atoms. The fourth-order valence-corrected chi connectivity index (χ4v) is 1.92. The van der Waals surface area contributed by atoms with Gasteiger partial charge in [-0.05, 0) is 25.0 Å². The van der Waals surface area contributed by atoms with Crippen molar-refractivity contribution in [3.63, 3.8) is 0 Å². The van der Waals surface area contributed by atoms with E-state index in [-0.39, 0.29) is 6.42 Å². The predicted octanol–water partition coefficient (Wildman–Crippen LogP) is 1.78. The molecule has 1 aromatic heterocycles. The summed E-state index contributed by atoms with van der Waals surface area (Å²) in [4.78, 5) is 27.7. The first-order chi connectivity index (χ1) is 9.41. The molecule has 1 aromatic rings. The topological polar surface area (TPSA) is 90.7 Å². The second-order valence-electron chi connectivity index (χ2n) is 4.83. The fourth-order valence-electron chi connectivity index (χ4n) is 1.92. The second kappa shape index (κ2) is 7.47. The number of aliphatic carboxylic acids is 2. The standard InChI is InChI=1S/C14H20N2O4/c1-10-5-3-7-15-13(10)16(8-4-6-12(17)18)9-11(2)14(19)20/h3,5,7,11H,4,6,8-9H2,1-2H3,(H,17,18)(H,19,20). The first-order valence-corrected chi connectivity index (χ1v) is 6.53. The molecule has 0 aliphatic rings. The van der Waals surface area contributed by atoms with Crippen LogP contribution >= 0.6 is 0 Å². The van der Waals surface area contributed by atoms with Gasteiger partial charge in [-0.25, -0.2) is 4.98 Å². The first-order valence-electron chi connectivity index (χ1n) is 6.53. The number of pyridine rings is 1. The van der Waals surface area contributed by atoms with Crippen LogP contribution in [0, 0.1) is 12.8 Å². The van der Waals surface area contributed by atoms with Crippen molar-refractivity contribution in [1.82, 2.24) is 4.98 Å². The van der Waals surface area contributed by atoms with E-state index in [0.29, 0.717) is 25.3 Å². The molecular formula is C14H20N2O4. The molecule has 0 saturated heterocycles. The summed E-state index contributed by atoms with van der Waals surface area (Å²) in [6.45, 7) is 4.32. The van der Waals surface area contributed by atoms with E-state index in [4.69, 9.17) is 10.2 Å². The molecule has 0 aliphatic heterocycles. The van der Waals surface area contributed by atoms with E-state index in [9.17, 15) is 9.59 Å². The minimum atomic E-state index is -0.873. The highest BCUT2D eigenvalue weighted by Gasteiger charge is 2.18. The highest BCUT2D eigenvalue weighted by molar-refractivity contribution is 5.70. The predicted molar refractivity (Wildman–Crippen MR) is 74.9 cm³/mol. The normalized spacial score (nSPS) is 11.9. The van der Waals surface area contributed by atoms with Crippen LogP contribution in [0.25, 0.3) is 0 Å². The zero-order chi connectivity index (χ0) is 15.1. The summed E-state index contributed by atoms with van der Waals surface area (Å²) in [5.74, 6) is -1.55. The molecule has 0 radical (unpaired) electrons. The Morgan fingerprint density at radius 1 is 1.40 bits per heavy atom. The minimum Gasteiger partial charge on any atom is -0.481 e. The lowest BCUT2D eigenvalue weighted by atomic mass is 10.1. The summed E-state index contributed by atoms with van der Waals surface area (Å²) in [6, 6.07) is 3.72. The van der Waals surface area contributed by atoms with Gasteiger partial charge in [-0.1, -0.05) is 13.0 Å². The first kappa shape index (κ1) is 15.9. The molecule has 0 saturated carbocycles. The number of rotatable bonds is 8. The van der Waals surface area contributed by atoms with Gasteiger partial charge < -0.3 is 15.1 Å². The number of nitrogens with zero attached hydrogens (tertiary/aromatic N) is 2. The Balaban J connectivity index is 2.81. The molecule has 0 bridgehead atoms. The number of hydrogen-bond donors (Lipinski definition) is 2. The third-order valence-electron chi connectivity index (χ3n) is 3.02. The van der Waals surface area contributed by atoms with Gasteiger partial charge in [0.15, 0.2) is 0 Å². The molecule has 0 amide bonds. The maximum atomic E-state index is 11.0. The summed E-state index contributed by atoms with van der Waals surface area (Å²) in [5.41, 5.74) is 0.945. The van der Waals surface area contributed by atoms with Gasteiger partial charge in [0.2, 0.25) is 0 Å². The van der Waals surface area contributed by atoms with Crippen LogP contribution in [0.3, 0.4) is 0 Å². The van der Waals surface area contributed by atoms with Gasteiger partial charge in [-0.15, -0.1) is 0 Å². The Morgan fingerprint density at radius 2 is 2.10 bits per heavy atom. The smallest absolute Gasteiger partial charge is 0.308 e. The van der Waals surface area contributed by atoms with Gasteiger partial charge in [0.25, 0.3) is 0 Å². The Bertz CT molecular complexity index is 476. The van der Waals surface area contributed by atoms with E-state index in [1.54, 1.807) is 13.1 Å². The summed E-state index contributed by atoms with van der Waals surface area (Å²) in [5, 5.41) is 17.7. The highest BCUT2D eigenvalue weighted by atomic mass is 16.4. The molecule has 0 fully saturated rings. The van der Waals surface area contributed by atoms with Crippen LogP contribution in [-0.2, 0) is 9.59 Å². The molecule has 6 nitrogen and oxygen atoms in total. The third-order valence-corrected chi connectivity index (χ3v) is 3.02. The van der Waals surface area contributed by atoms with Crippen molar-refractivity contribution in [2.45, 2.75) is 26.7 Å². The summed E-state index contributed by atoms with van der Waals surface area (Å²) < 4.78 is 0. The van der Waals surface area contributed by atoms with Crippen LogP contribution in [0.2, 0.25) is 0 Å². The minimum absolute atomic E-state index is 0.0594. The van der Waals surface area contributed by atoms with Gasteiger partial charge in [-0.3, -0.25) is 9.59 Å². The van der Waals surface area contributed by atoms with Crippen molar-refractivity contribution in [1.29, 1.82) is 0 Å². The van der Waals surface area contributed by atoms with E-state index < -0.39 is 17.9 Å². The van der Waals surface area contributed by atoms with Gasteiger partial charge in [-0.2, -0.15) is 0 Å². The van der Waals surface area contributed by atoms with Crippen molar-refractivity contribution >= 4 is 17.8 Å². The molecule has 1 heterocycles. The highest BCUT2D eigenvalue weighted by Crippen LogP contribution is 2.18. The van der Waals surface area contributed by atoms with Crippen LogP contribution < -0.4 is 4.90 Å². The number of carboxylic acids is 2. The van der Waals surface area contributed by atoms with Gasteiger partial charge in [0.1, 0.15) is 5.82 Å². The van der Waals surface area contributed by atoms with Crippen LogP contribution in [0.1, 0.15) is 25.3 Å². The SMILES string of the molecule is Cc1cccnc1N(CCCC(=O)O)CC(C)C(=O)O. The zero-order valence-corrected chi connectivity index (χ0v) is 11.7. The van der Waals surface area contributed by atoms with Crippen molar-refractivity contribution in [3.05, 3.63) is 23.9 Å². The summed E-state index contributed by atoms with van der Waals surface area (Å²) in [6.07, 6.45) is 2.17. The lowest BCUT2D eigenvalue weighted by Crippen LogP contribution is -2.34. The van der Waals surface area contributed by atoms with Gasteiger partial charge in [0, 0.05) is 25.7 Å². The Morgan fingerprint density at radius 3 is 2.65 bits per heavy atom. The Kier molecular flexibility index (Phi) is 5.96. The van der Waals surface area contributed by atoms with Crippen LogP contribution in [0.15, 0.2) is 18.3 Å². The maximum Gasteiger partial charge on any atom is 0.308 e. The number of hydrogen-bond acceptors (Lipinski definition) is 4. The third kappa shape index (κ3) is 4.87. The van der Waals surface area contributed by atoms with E-state index in [2.05, 4.69) is 4.98 Å². The average molecular weight is 280 g/mol. The summed E-state index contributed by atoms with van der Waals surface area (Å²) >= 11 is 0. The van der Waals surface area contributed by atoms with Crippen molar-refractivity contribution in [2.24, 2.45) is 5.92 Å². The van der Waals surface area contributed by atoms with Crippen molar-refractivity contribution in [2.75, 3.05) is 18.0 Å². The fraction of sp³-hybridized carbons (Fsp3) is 0.500. The molecule has 0 aliphatic carbocycles. The second-order valence-corrected chi connectivity index (χ2v) is 4.83. The Labute approximate surface area is 118 Å². The number of carbonyl (C=O) groups is 2. The van der Waals surface area contributed by atoms with E-state index >= 15 is 0 Å². The molecule has 1 rings (SSSR count). The zero-order valence-electron chi connectivity index (χ0n) is 11.7. The molecule has 2 N–H and O–H groups in total. The van der Waals surface area contributed by atoms with Crippen LogP contribution in [-0.4, -0.2) is 40.2 Å². The molecule has 1 atom stereocenters. The van der Waals surface area contributed by atoms with Gasteiger partial charge in [0.05, 0.1) is 5.92 Å². The van der Waals surface area contributed by atoms with E-state index in [0.717, 1.165) is 5.56 Å². The molecular weight excluding hydrogens is 260 g/mol. The quantitative estimate of drug-likeness (QED) is 0.754. The molecule has 110 valence electrons. The molecule has 6 heteroatoms. The van der Waals surface area contributed by atoms with Crippen LogP contribution in [0.4, 0.5) is 5.82 Å². The van der Waals surface area contributed by atoms with Crippen LogP contribution in [0.5, 0.6) is 0 Å². The van der Waals surface area contributed by atoms with E-state index in [1.165, 1.54) is 0 Å². The number of anilines is 1. The largest absolute Gasteiger partial charge is 0.481 e. The molecule has 1 unspecified atom stereocenters. The molecule has 0 aromatic carbocycles. The monoisotopic (exact) mass is 280 g/mol. The Hall–Kier alpha value is -2.11. The average Bonchev–Trinajstić information content (AvgIpc) is 2.37. The number of carboxylic acid groups (broad SMARTS) is 2. The number of aryl methyl sites for hydroxylation is 1. The summed E-state index contributed by atoms with van der Waals surface area (Å²) in [7, 11) is 0.